The largest absolute Gasteiger partial charge is 0.486 e. The molecule has 5 rings (SSSR count). The molecule has 1 saturated heterocycles. The first-order valence-electron chi connectivity index (χ1n) is 11.6. The Kier molecular flexibility index (Phi) is 6.39. The molecule has 0 spiro atoms. The van der Waals surface area contributed by atoms with Crippen LogP contribution in [0.15, 0.2) is 42.5 Å². The minimum absolute atomic E-state index is 0.0459. The van der Waals surface area contributed by atoms with Crippen molar-refractivity contribution in [3.8, 4) is 23.1 Å². The minimum atomic E-state index is -1.42. The van der Waals surface area contributed by atoms with Crippen LogP contribution in [0.1, 0.15) is 24.8 Å². The smallest absolute Gasteiger partial charge is 0.273 e. The van der Waals surface area contributed by atoms with Crippen molar-refractivity contribution in [3.05, 3.63) is 48.1 Å². The average molecular weight is 493 g/mol. The molecule has 36 heavy (non-hydrogen) atoms. The molecular formula is C24H25FN8O3. The molecule has 2 aliphatic heterocycles. The van der Waals surface area contributed by atoms with E-state index >= 15 is 0 Å². The van der Waals surface area contributed by atoms with Crippen LogP contribution in [0.5, 0.6) is 5.75 Å². The van der Waals surface area contributed by atoms with Gasteiger partial charge in [0.25, 0.3) is 5.91 Å². The molecule has 1 aromatic carbocycles. The van der Waals surface area contributed by atoms with E-state index in [0.717, 1.165) is 12.8 Å². The van der Waals surface area contributed by atoms with Crippen molar-refractivity contribution in [1.29, 1.82) is 5.26 Å². The van der Waals surface area contributed by atoms with Gasteiger partial charge in [0.1, 0.15) is 35.8 Å². The summed E-state index contributed by atoms with van der Waals surface area (Å²) < 4.78 is 20.9. The Balaban J connectivity index is 1.25. The third-order valence-electron chi connectivity index (χ3n) is 6.23. The number of nitriles is 1. The molecule has 12 heteroatoms. The molecule has 1 aliphatic carbocycles. The lowest BCUT2D eigenvalue weighted by molar-refractivity contribution is -0.131. The van der Waals surface area contributed by atoms with E-state index in [9.17, 15) is 19.2 Å². The molecular weight excluding hydrogens is 467 g/mol. The molecule has 1 aromatic heterocycles. The number of carbonyl (C=O) groups is 2. The van der Waals surface area contributed by atoms with Gasteiger partial charge in [-0.05, 0) is 31.0 Å². The quantitative estimate of drug-likeness (QED) is 0.548. The highest BCUT2D eigenvalue weighted by atomic mass is 19.1. The van der Waals surface area contributed by atoms with Crippen LogP contribution >= 0.6 is 0 Å². The van der Waals surface area contributed by atoms with Gasteiger partial charge in [-0.25, -0.2) is 14.4 Å². The molecule has 0 unspecified atom stereocenters. The highest BCUT2D eigenvalue weighted by Crippen LogP contribution is 2.31. The summed E-state index contributed by atoms with van der Waals surface area (Å²) in [5.74, 6) is 0.339. The van der Waals surface area contributed by atoms with Gasteiger partial charge in [-0.1, -0.05) is 0 Å². The number of ether oxygens (including phenoxy) is 1. The number of likely N-dealkylation sites (tertiary alicyclic amines) is 1. The molecule has 1 saturated carbocycles. The van der Waals surface area contributed by atoms with E-state index in [1.54, 1.807) is 42.5 Å². The van der Waals surface area contributed by atoms with E-state index in [0.29, 0.717) is 29.3 Å². The summed E-state index contributed by atoms with van der Waals surface area (Å²) in [6.45, 7) is 0.214. The minimum Gasteiger partial charge on any atom is -0.486 e. The van der Waals surface area contributed by atoms with Crippen molar-refractivity contribution in [2.45, 2.75) is 31.5 Å². The van der Waals surface area contributed by atoms with Crippen LogP contribution < -0.4 is 21.0 Å². The van der Waals surface area contributed by atoms with Crippen LogP contribution in [0, 0.1) is 17.2 Å². The maximum Gasteiger partial charge on any atom is 0.273 e. The lowest BCUT2D eigenvalue weighted by atomic mass is 10.0. The van der Waals surface area contributed by atoms with Crippen LogP contribution in [-0.4, -0.2) is 64.1 Å². The van der Waals surface area contributed by atoms with Gasteiger partial charge in [0.15, 0.2) is 6.17 Å². The zero-order valence-electron chi connectivity index (χ0n) is 19.6. The van der Waals surface area contributed by atoms with Gasteiger partial charge in [-0.2, -0.15) is 5.26 Å². The normalized spacial score (nSPS) is 21.3. The lowest BCUT2D eigenvalue weighted by Gasteiger charge is -2.35. The zero-order chi connectivity index (χ0) is 25.2. The highest BCUT2D eigenvalue weighted by Gasteiger charge is 2.35. The summed E-state index contributed by atoms with van der Waals surface area (Å²) >= 11 is 0. The van der Waals surface area contributed by atoms with E-state index in [-0.39, 0.29) is 42.0 Å². The van der Waals surface area contributed by atoms with Crippen LogP contribution in [-0.2, 0) is 9.59 Å². The number of nitrogens with one attached hydrogen (secondary N) is 3. The zero-order valence-corrected chi connectivity index (χ0v) is 19.6. The Hall–Kier alpha value is -4.24. The monoisotopic (exact) mass is 492 g/mol. The van der Waals surface area contributed by atoms with E-state index < -0.39 is 12.3 Å². The molecule has 186 valence electrons. The number of aromatic nitrogens is 2. The van der Waals surface area contributed by atoms with Crippen molar-refractivity contribution in [3.63, 3.8) is 0 Å². The molecule has 3 aliphatic rings. The number of anilines is 1. The van der Waals surface area contributed by atoms with Crippen molar-refractivity contribution in [2.24, 2.45) is 5.92 Å². The number of hydrogen-bond donors (Lipinski definition) is 3. The van der Waals surface area contributed by atoms with Gasteiger partial charge in [0.05, 0.1) is 17.8 Å². The third kappa shape index (κ3) is 5.06. The third-order valence-corrected chi connectivity index (χ3v) is 6.23. The van der Waals surface area contributed by atoms with Crippen LogP contribution in [0.2, 0.25) is 0 Å². The fourth-order valence-corrected chi connectivity index (χ4v) is 4.09. The highest BCUT2D eigenvalue weighted by molar-refractivity contribution is 5.94. The van der Waals surface area contributed by atoms with Crippen molar-refractivity contribution in [2.75, 3.05) is 25.5 Å². The number of amides is 2. The number of alkyl halides is 1. The van der Waals surface area contributed by atoms with E-state index in [1.165, 1.54) is 11.2 Å². The van der Waals surface area contributed by atoms with Gasteiger partial charge in [0.2, 0.25) is 5.91 Å². The van der Waals surface area contributed by atoms with Crippen LogP contribution in [0.25, 0.3) is 11.3 Å². The topological polar surface area (TPSA) is 136 Å². The number of benzene rings is 1. The summed E-state index contributed by atoms with van der Waals surface area (Å²) in [6.07, 6.45) is 2.80. The second-order valence-electron chi connectivity index (χ2n) is 8.98. The predicted octanol–water partition coefficient (Wildman–Crippen LogP) is 1.48. The lowest BCUT2D eigenvalue weighted by Crippen LogP contribution is -2.50. The Labute approximate surface area is 206 Å². The SMILES string of the molecule is CN1C=C(C(=O)N2CC[C@H](Oc3ccc(-c4cc(NC(=O)C5CC5)ncn4)cc3C#N)[C@H](F)C2)NN1. The Bertz CT molecular complexity index is 1260. The molecule has 2 atom stereocenters. The fourth-order valence-electron chi connectivity index (χ4n) is 4.09. The number of hydrazine groups is 2. The molecule has 0 bridgehead atoms. The first-order valence-corrected chi connectivity index (χ1v) is 11.6. The maximum atomic E-state index is 15.0. The maximum absolute atomic E-state index is 15.0. The predicted molar refractivity (Wildman–Crippen MR) is 126 cm³/mol. The molecule has 2 fully saturated rings. The van der Waals surface area contributed by atoms with Gasteiger partial charge in [-0.3, -0.25) is 20.0 Å². The van der Waals surface area contributed by atoms with Gasteiger partial charge in [-0.15, -0.1) is 5.53 Å². The number of carbonyl (C=O) groups excluding carboxylic acids is 2. The van der Waals surface area contributed by atoms with Crippen LogP contribution in [0.3, 0.4) is 0 Å². The second-order valence-corrected chi connectivity index (χ2v) is 8.98. The van der Waals surface area contributed by atoms with Crippen molar-refractivity contribution >= 4 is 17.6 Å². The van der Waals surface area contributed by atoms with E-state index in [4.69, 9.17) is 4.74 Å². The average Bonchev–Trinajstić information content (AvgIpc) is 3.65. The first kappa shape index (κ1) is 23.5. The Morgan fingerprint density at radius 1 is 1.25 bits per heavy atom. The number of nitrogens with zero attached hydrogens (tertiary/aromatic N) is 5. The number of halogens is 1. The molecule has 11 nitrogen and oxygen atoms in total. The summed E-state index contributed by atoms with van der Waals surface area (Å²) in [5, 5.41) is 14.1. The van der Waals surface area contributed by atoms with Gasteiger partial charge >= 0.3 is 0 Å². The first-order chi connectivity index (χ1) is 17.4. The molecule has 0 radical (unpaired) electrons. The standard InChI is InChI=1S/C24H25FN8O3/c1-32-12-19(30-31-32)24(35)33-7-6-21(17(25)11-33)36-20-5-4-15(8-16(20)10-26)18-9-22(28-13-27-18)29-23(34)14-2-3-14/h4-5,8-9,12-14,17,21,30-31H,2-3,6-7,11H2,1H3,(H,27,28,29,34)/t17-,21+/m1/s1. The van der Waals surface area contributed by atoms with Crippen molar-refractivity contribution in [1.82, 2.24) is 30.8 Å². The summed E-state index contributed by atoms with van der Waals surface area (Å²) in [5.41, 5.74) is 7.24. The number of piperidine rings is 1. The van der Waals surface area contributed by atoms with E-state index in [1.807, 2.05) is 0 Å². The molecule has 2 aromatic rings. The van der Waals surface area contributed by atoms with Crippen molar-refractivity contribution < 1.29 is 18.7 Å². The summed E-state index contributed by atoms with van der Waals surface area (Å²) in [7, 11) is 1.74. The Morgan fingerprint density at radius 2 is 2.08 bits per heavy atom. The second kappa shape index (κ2) is 9.79. The molecule has 3 heterocycles. The summed E-state index contributed by atoms with van der Waals surface area (Å²) in [4.78, 5) is 34.4. The van der Waals surface area contributed by atoms with Gasteiger partial charge < -0.3 is 15.0 Å². The Morgan fingerprint density at radius 3 is 2.78 bits per heavy atom. The molecule has 2 amide bonds. The fraction of sp³-hybridized carbons (Fsp3) is 0.375. The number of rotatable bonds is 6. The van der Waals surface area contributed by atoms with E-state index in [2.05, 4.69) is 32.3 Å². The van der Waals surface area contributed by atoms with Gasteiger partial charge in [0, 0.05) is 43.8 Å². The number of hydrogen-bond acceptors (Lipinski definition) is 9. The summed E-state index contributed by atoms with van der Waals surface area (Å²) in [6, 6.07) is 8.68. The van der Waals surface area contributed by atoms with Crippen LogP contribution in [0.4, 0.5) is 10.2 Å². The molecule has 3 N–H and O–H groups in total.